The Morgan fingerprint density at radius 3 is 2.50 bits per heavy atom. The molecule has 0 atom stereocenters. The normalized spacial score (nSPS) is 13.7. The zero-order valence-electron chi connectivity index (χ0n) is 10.3. The summed E-state index contributed by atoms with van der Waals surface area (Å²) in [5.41, 5.74) is 3.94. The Bertz CT molecular complexity index is 555. The molecular weight excluding hydrogens is 220 g/mol. The lowest BCUT2D eigenvalue weighted by Gasteiger charge is -2.15. The van der Waals surface area contributed by atoms with Crippen molar-refractivity contribution in [2.24, 2.45) is 0 Å². The summed E-state index contributed by atoms with van der Waals surface area (Å²) in [6, 6.07) is 18.6. The van der Waals surface area contributed by atoms with Crippen molar-refractivity contribution in [3.8, 4) is 5.75 Å². The molecule has 0 fully saturated rings. The first-order valence-corrected chi connectivity index (χ1v) is 6.38. The fourth-order valence-corrected chi connectivity index (χ4v) is 2.08. The second kappa shape index (κ2) is 5.09. The summed E-state index contributed by atoms with van der Waals surface area (Å²) < 4.78 is 5.82. The van der Waals surface area contributed by atoms with Crippen LogP contribution in [-0.2, 0) is 6.61 Å². The molecule has 0 N–H and O–H groups in total. The summed E-state index contributed by atoms with van der Waals surface area (Å²) >= 11 is 0. The molecule has 0 aromatic heterocycles. The maximum absolute atomic E-state index is 5.82. The third kappa shape index (κ3) is 2.45. The molecule has 0 saturated heterocycles. The van der Waals surface area contributed by atoms with E-state index in [0.717, 1.165) is 5.75 Å². The summed E-state index contributed by atoms with van der Waals surface area (Å²) in [6.45, 7) is 0.628. The molecular formula is C17H16O. The molecule has 0 spiro atoms. The van der Waals surface area contributed by atoms with Gasteiger partial charge in [0.2, 0.25) is 0 Å². The van der Waals surface area contributed by atoms with Crippen LogP contribution in [0.2, 0.25) is 0 Å². The fourth-order valence-electron chi connectivity index (χ4n) is 2.08. The van der Waals surface area contributed by atoms with E-state index in [1.165, 1.54) is 29.5 Å². The van der Waals surface area contributed by atoms with E-state index in [1.54, 1.807) is 0 Å². The molecule has 2 aromatic carbocycles. The van der Waals surface area contributed by atoms with Crippen molar-refractivity contribution in [2.45, 2.75) is 19.4 Å². The van der Waals surface area contributed by atoms with Crippen molar-refractivity contribution < 1.29 is 4.74 Å². The van der Waals surface area contributed by atoms with Crippen LogP contribution in [0, 0.1) is 0 Å². The first-order chi connectivity index (χ1) is 8.92. The second-order valence-electron chi connectivity index (χ2n) is 4.57. The van der Waals surface area contributed by atoms with Crippen LogP contribution in [0.15, 0.2) is 60.7 Å². The molecule has 0 unspecified atom stereocenters. The predicted molar refractivity (Wildman–Crippen MR) is 74.4 cm³/mol. The second-order valence-corrected chi connectivity index (χ2v) is 4.57. The Morgan fingerprint density at radius 1 is 0.944 bits per heavy atom. The Kier molecular flexibility index (Phi) is 3.14. The summed E-state index contributed by atoms with van der Waals surface area (Å²) in [4.78, 5) is 0. The molecule has 0 saturated carbocycles. The first-order valence-electron chi connectivity index (χ1n) is 6.38. The predicted octanol–water partition coefficient (Wildman–Crippen LogP) is 4.44. The van der Waals surface area contributed by atoms with Gasteiger partial charge in [0.25, 0.3) is 0 Å². The number of hydrogen-bond donors (Lipinski definition) is 0. The molecule has 0 bridgehead atoms. The van der Waals surface area contributed by atoms with Crippen molar-refractivity contribution in [3.05, 3.63) is 71.8 Å². The van der Waals surface area contributed by atoms with E-state index in [0.29, 0.717) is 6.61 Å². The Balaban J connectivity index is 1.69. The fraction of sp³-hybridized carbons (Fsp3) is 0.176. The van der Waals surface area contributed by atoms with Crippen LogP contribution < -0.4 is 4.74 Å². The minimum Gasteiger partial charge on any atom is -0.489 e. The molecule has 1 aliphatic carbocycles. The van der Waals surface area contributed by atoms with Crippen LogP contribution >= 0.6 is 0 Å². The zero-order valence-corrected chi connectivity index (χ0v) is 10.3. The van der Waals surface area contributed by atoms with Gasteiger partial charge in [-0.1, -0.05) is 48.5 Å². The minimum absolute atomic E-state index is 0.628. The van der Waals surface area contributed by atoms with E-state index in [9.17, 15) is 0 Å². The standard InChI is InChI=1S/C17H16O/c1-2-6-14(7-3-1)13-18-17-11-5-10-16(12-17)15-8-4-9-15/h1-3,5-8,10-12H,4,9,13H2. The van der Waals surface area contributed by atoms with E-state index < -0.39 is 0 Å². The maximum Gasteiger partial charge on any atom is 0.120 e. The van der Waals surface area contributed by atoms with Gasteiger partial charge in [0.15, 0.2) is 0 Å². The van der Waals surface area contributed by atoms with Crippen molar-refractivity contribution in [2.75, 3.05) is 0 Å². The van der Waals surface area contributed by atoms with Crippen LogP contribution in [0.3, 0.4) is 0 Å². The molecule has 18 heavy (non-hydrogen) atoms. The lowest BCUT2D eigenvalue weighted by molar-refractivity contribution is 0.306. The van der Waals surface area contributed by atoms with Gasteiger partial charge in [-0.2, -0.15) is 0 Å². The third-order valence-corrected chi connectivity index (χ3v) is 3.26. The Morgan fingerprint density at radius 2 is 1.78 bits per heavy atom. The van der Waals surface area contributed by atoms with Gasteiger partial charge >= 0.3 is 0 Å². The Labute approximate surface area is 108 Å². The molecule has 90 valence electrons. The third-order valence-electron chi connectivity index (χ3n) is 3.26. The largest absolute Gasteiger partial charge is 0.489 e. The minimum atomic E-state index is 0.628. The molecule has 0 radical (unpaired) electrons. The zero-order chi connectivity index (χ0) is 12.2. The lowest BCUT2D eigenvalue weighted by Crippen LogP contribution is -1.97. The molecule has 1 heteroatoms. The van der Waals surface area contributed by atoms with E-state index in [2.05, 4.69) is 36.4 Å². The van der Waals surface area contributed by atoms with Crippen molar-refractivity contribution >= 4 is 5.57 Å². The number of benzene rings is 2. The van der Waals surface area contributed by atoms with Gasteiger partial charge < -0.3 is 4.74 Å². The van der Waals surface area contributed by atoms with Crippen molar-refractivity contribution in [1.82, 2.24) is 0 Å². The number of ether oxygens (including phenoxy) is 1. The SMILES string of the molecule is C1=C(c2cccc(OCc3ccccc3)c2)CC1. The van der Waals surface area contributed by atoms with Crippen molar-refractivity contribution in [1.29, 1.82) is 0 Å². The average Bonchev–Trinajstić information content (AvgIpc) is 2.36. The quantitative estimate of drug-likeness (QED) is 0.762. The molecule has 1 nitrogen and oxygen atoms in total. The topological polar surface area (TPSA) is 9.23 Å². The summed E-state index contributed by atoms with van der Waals surface area (Å²) in [7, 11) is 0. The van der Waals surface area contributed by atoms with Crippen LogP contribution in [0.1, 0.15) is 24.0 Å². The van der Waals surface area contributed by atoms with Crippen LogP contribution in [0.5, 0.6) is 5.75 Å². The number of hydrogen-bond acceptors (Lipinski definition) is 1. The van der Waals surface area contributed by atoms with Gasteiger partial charge in [-0.3, -0.25) is 0 Å². The number of allylic oxidation sites excluding steroid dienone is 2. The van der Waals surface area contributed by atoms with Gasteiger partial charge in [0.1, 0.15) is 12.4 Å². The van der Waals surface area contributed by atoms with Gasteiger partial charge in [-0.15, -0.1) is 0 Å². The van der Waals surface area contributed by atoms with Crippen molar-refractivity contribution in [3.63, 3.8) is 0 Å². The highest BCUT2D eigenvalue weighted by Crippen LogP contribution is 2.30. The van der Waals surface area contributed by atoms with Gasteiger partial charge in [-0.25, -0.2) is 0 Å². The monoisotopic (exact) mass is 236 g/mol. The van der Waals surface area contributed by atoms with Crippen LogP contribution in [-0.4, -0.2) is 0 Å². The van der Waals surface area contributed by atoms with E-state index in [-0.39, 0.29) is 0 Å². The van der Waals surface area contributed by atoms with E-state index in [1.807, 2.05) is 24.3 Å². The highest BCUT2D eigenvalue weighted by atomic mass is 16.5. The highest BCUT2D eigenvalue weighted by molar-refractivity contribution is 5.70. The van der Waals surface area contributed by atoms with Gasteiger partial charge in [0.05, 0.1) is 0 Å². The smallest absolute Gasteiger partial charge is 0.120 e. The molecule has 0 aliphatic heterocycles. The molecule has 1 aliphatic rings. The summed E-state index contributed by atoms with van der Waals surface area (Å²) in [5, 5.41) is 0. The lowest BCUT2D eigenvalue weighted by atomic mass is 9.92. The van der Waals surface area contributed by atoms with Gasteiger partial charge in [-0.05, 0) is 41.7 Å². The molecule has 2 aromatic rings. The number of rotatable bonds is 4. The van der Waals surface area contributed by atoms with E-state index >= 15 is 0 Å². The van der Waals surface area contributed by atoms with E-state index in [4.69, 9.17) is 4.74 Å². The highest BCUT2D eigenvalue weighted by Gasteiger charge is 2.08. The molecule has 0 heterocycles. The van der Waals surface area contributed by atoms with Gasteiger partial charge in [0, 0.05) is 0 Å². The first kappa shape index (κ1) is 11.1. The average molecular weight is 236 g/mol. The molecule has 0 amide bonds. The summed E-state index contributed by atoms with van der Waals surface area (Å²) in [5.74, 6) is 0.948. The molecule has 3 rings (SSSR count). The summed E-state index contributed by atoms with van der Waals surface area (Å²) in [6.07, 6.45) is 4.70. The van der Waals surface area contributed by atoms with Crippen LogP contribution in [0.4, 0.5) is 0 Å². The van der Waals surface area contributed by atoms with Crippen LogP contribution in [0.25, 0.3) is 5.57 Å². The maximum atomic E-state index is 5.82. The Hall–Kier alpha value is -2.02.